The summed E-state index contributed by atoms with van der Waals surface area (Å²) in [5, 5.41) is 0. The maximum absolute atomic E-state index is 12.6. The molecule has 0 amide bonds. The van der Waals surface area contributed by atoms with E-state index in [1.165, 1.54) is 30.6 Å². The topological polar surface area (TPSA) is 60.7 Å². The van der Waals surface area contributed by atoms with Crippen LogP contribution < -0.4 is 9.54 Å². The van der Waals surface area contributed by atoms with Crippen LogP contribution in [0.25, 0.3) is 0 Å². The van der Waals surface area contributed by atoms with Gasteiger partial charge in [0.1, 0.15) is 5.75 Å². The Morgan fingerprint density at radius 2 is 1.91 bits per heavy atom. The molecule has 0 atom stereocenters. The molecule has 0 aliphatic carbocycles. The first-order valence-corrected chi connectivity index (χ1v) is 9.44. The number of rotatable bonds is 3. The highest BCUT2D eigenvalue weighted by Gasteiger charge is 2.22. The molecule has 0 radical (unpaired) electrons. The second kappa shape index (κ2) is 6.13. The second-order valence-corrected chi connectivity index (χ2v) is 8.94. The third kappa shape index (κ3) is 3.67. The minimum Gasteiger partial charge on any atom is -0.497 e. The highest BCUT2D eigenvalue weighted by atomic mass is 32.2. The first-order chi connectivity index (χ1) is 10.6. The van der Waals surface area contributed by atoms with Gasteiger partial charge in [-0.1, -0.05) is 26.8 Å². The van der Waals surface area contributed by atoms with E-state index >= 15 is 0 Å². The zero-order valence-corrected chi connectivity index (χ0v) is 15.9. The molecule has 1 aromatic heterocycles. The number of methoxy groups -OCH3 is 1. The van der Waals surface area contributed by atoms with Crippen molar-refractivity contribution in [3.63, 3.8) is 0 Å². The van der Waals surface area contributed by atoms with Crippen LogP contribution in [0.4, 0.5) is 0 Å². The Labute approximate surface area is 141 Å². The fraction of sp³-hybridized carbons (Fsp3) is 0.438. The molecule has 23 heavy (non-hydrogen) atoms. The van der Waals surface area contributed by atoms with Crippen LogP contribution in [0.1, 0.15) is 31.3 Å². The Bertz CT molecular complexity index is 885. The molecule has 0 N–H and O–H groups in total. The highest BCUT2D eigenvalue weighted by Crippen LogP contribution is 2.28. The summed E-state index contributed by atoms with van der Waals surface area (Å²) in [5.41, 5.74) is 0.974. The molecule has 0 unspecified atom stereocenters. The molecule has 2 aromatic rings. The van der Waals surface area contributed by atoms with Crippen LogP contribution in [0.15, 0.2) is 33.6 Å². The standard InChI is InChI=1S/C16H22N2O3S2/c1-11-14(16(2,3)4)22-15(18(11)5)17-23(19,20)13-9-7-8-12(10-13)21-6/h7-10H,1-6H3/b17-15-. The number of aromatic nitrogens is 1. The molecule has 5 nitrogen and oxygen atoms in total. The van der Waals surface area contributed by atoms with Crippen molar-refractivity contribution in [2.45, 2.75) is 38.0 Å². The molecule has 0 fully saturated rings. The minimum atomic E-state index is -3.78. The Hall–Kier alpha value is -1.60. The van der Waals surface area contributed by atoms with Gasteiger partial charge in [0.25, 0.3) is 10.0 Å². The van der Waals surface area contributed by atoms with E-state index in [1.807, 2.05) is 18.5 Å². The van der Waals surface area contributed by atoms with Gasteiger partial charge in [0.05, 0.1) is 12.0 Å². The maximum Gasteiger partial charge on any atom is 0.285 e. The summed E-state index contributed by atoms with van der Waals surface area (Å²) >= 11 is 1.41. The molecule has 7 heteroatoms. The lowest BCUT2D eigenvalue weighted by molar-refractivity contribution is 0.413. The molecule has 0 aliphatic rings. The van der Waals surface area contributed by atoms with E-state index in [-0.39, 0.29) is 10.3 Å². The third-order valence-corrected chi connectivity index (χ3v) is 6.57. The van der Waals surface area contributed by atoms with Gasteiger partial charge in [-0.2, -0.15) is 8.42 Å². The van der Waals surface area contributed by atoms with E-state index < -0.39 is 10.0 Å². The molecule has 1 aromatic carbocycles. The maximum atomic E-state index is 12.6. The number of hydrogen-bond donors (Lipinski definition) is 0. The van der Waals surface area contributed by atoms with Crippen LogP contribution in [-0.4, -0.2) is 20.1 Å². The van der Waals surface area contributed by atoms with E-state index in [1.54, 1.807) is 12.1 Å². The minimum absolute atomic E-state index is 0.0555. The zero-order valence-electron chi connectivity index (χ0n) is 14.2. The monoisotopic (exact) mass is 354 g/mol. The fourth-order valence-corrected chi connectivity index (χ4v) is 4.66. The smallest absolute Gasteiger partial charge is 0.285 e. The molecule has 126 valence electrons. The molecular weight excluding hydrogens is 332 g/mol. The summed E-state index contributed by atoms with van der Waals surface area (Å²) in [6.45, 7) is 8.29. The van der Waals surface area contributed by atoms with Gasteiger partial charge in [0, 0.05) is 23.7 Å². The van der Waals surface area contributed by atoms with Gasteiger partial charge in [-0.05, 0) is 24.5 Å². The van der Waals surface area contributed by atoms with Crippen molar-refractivity contribution in [3.05, 3.63) is 39.6 Å². The normalized spacial score (nSPS) is 13.4. The zero-order chi connectivity index (χ0) is 17.4. The van der Waals surface area contributed by atoms with Crippen LogP contribution in [0.3, 0.4) is 0 Å². The van der Waals surface area contributed by atoms with Crippen LogP contribution in [0, 0.1) is 6.92 Å². The van der Waals surface area contributed by atoms with Crippen molar-refractivity contribution in [3.8, 4) is 5.75 Å². The van der Waals surface area contributed by atoms with Gasteiger partial charge >= 0.3 is 0 Å². The summed E-state index contributed by atoms with van der Waals surface area (Å²) < 4.78 is 36.1. The molecular formula is C16H22N2O3S2. The van der Waals surface area contributed by atoms with Crippen molar-refractivity contribution in [1.82, 2.24) is 4.57 Å². The van der Waals surface area contributed by atoms with Gasteiger partial charge < -0.3 is 9.30 Å². The Kier molecular flexibility index (Phi) is 4.73. The summed E-state index contributed by atoms with van der Waals surface area (Å²) in [6.07, 6.45) is 0. The van der Waals surface area contributed by atoms with E-state index in [0.29, 0.717) is 10.6 Å². The van der Waals surface area contributed by atoms with Crippen molar-refractivity contribution in [2.24, 2.45) is 11.4 Å². The van der Waals surface area contributed by atoms with Crippen LogP contribution >= 0.6 is 11.3 Å². The summed E-state index contributed by atoms with van der Waals surface area (Å²) in [7, 11) is -0.447. The predicted molar refractivity (Wildman–Crippen MR) is 92.5 cm³/mol. The molecule has 0 saturated heterocycles. The van der Waals surface area contributed by atoms with Gasteiger partial charge in [-0.25, -0.2) is 0 Å². The summed E-state index contributed by atoms with van der Waals surface area (Å²) in [5.74, 6) is 0.489. The van der Waals surface area contributed by atoms with Gasteiger partial charge in [-0.15, -0.1) is 15.7 Å². The lowest BCUT2D eigenvalue weighted by Gasteiger charge is -2.17. The Balaban J connectivity index is 2.61. The summed E-state index contributed by atoms with van der Waals surface area (Å²) in [6, 6.07) is 6.34. The van der Waals surface area contributed by atoms with Crippen molar-refractivity contribution >= 4 is 21.4 Å². The number of benzene rings is 1. The average Bonchev–Trinajstić information content (AvgIpc) is 2.75. The Morgan fingerprint density at radius 3 is 2.43 bits per heavy atom. The van der Waals surface area contributed by atoms with Crippen LogP contribution in [0.2, 0.25) is 0 Å². The fourth-order valence-electron chi connectivity index (χ4n) is 2.22. The van der Waals surface area contributed by atoms with E-state index in [9.17, 15) is 8.42 Å². The van der Waals surface area contributed by atoms with Crippen LogP contribution in [-0.2, 0) is 22.5 Å². The number of nitrogens with zero attached hydrogens (tertiary/aromatic N) is 2. The number of thiazole rings is 1. The average molecular weight is 354 g/mol. The molecule has 1 heterocycles. The lowest BCUT2D eigenvalue weighted by atomic mass is 9.93. The molecule has 0 spiro atoms. The highest BCUT2D eigenvalue weighted by molar-refractivity contribution is 7.90. The van der Waals surface area contributed by atoms with Crippen LogP contribution in [0.5, 0.6) is 5.75 Å². The second-order valence-electron chi connectivity index (χ2n) is 6.35. The van der Waals surface area contributed by atoms with E-state index in [0.717, 1.165) is 10.6 Å². The summed E-state index contributed by atoms with van der Waals surface area (Å²) in [4.78, 5) is 1.72. The Morgan fingerprint density at radius 1 is 1.26 bits per heavy atom. The first-order valence-electron chi connectivity index (χ1n) is 7.18. The van der Waals surface area contributed by atoms with E-state index in [2.05, 4.69) is 25.2 Å². The van der Waals surface area contributed by atoms with E-state index in [4.69, 9.17) is 4.74 Å². The van der Waals surface area contributed by atoms with Gasteiger partial charge in [0.2, 0.25) is 4.80 Å². The quantitative estimate of drug-likeness (QED) is 0.851. The molecule has 2 rings (SSSR count). The first kappa shape index (κ1) is 17.7. The number of ether oxygens (including phenoxy) is 1. The molecule has 0 aliphatic heterocycles. The van der Waals surface area contributed by atoms with Gasteiger partial charge in [-0.3, -0.25) is 0 Å². The largest absolute Gasteiger partial charge is 0.497 e. The van der Waals surface area contributed by atoms with Crippen molar-refractivity contribution in [1.29, 1.82) is 0 Å². The predicted octanol–water partition coefficient (Wildman–Crippen LogP) is 2.99. The SMILES string of the molecule is COc1cccc(S(=O)(=O)/N=c2\sc(C(C)(C)C)c(C)n2C)c1. The lowest BCUT2D eigenvalue weighted by Crippen LogP contribution is -2.15. The molecule has 0 bridgehead atoms. The third-order valence-electron chi connectivity index (χ3n) is 3.53. The molecule has 0 saturated carbocycles. The van der Waals surface area contributed by atoms with Gasteiger partial charge in [0.15, 0.2) is 0 Å². The number of hydrogen-bond acceptors (Lipinski definition) is 4. The number of sulfonamides is 1. The van der Waals surface area contributed by atoms with Crippen molar-refractivity contribution < 1.29 is 13.2 Å². The van der Waals surface area contributed by atoms with Crippen molar-refractivity contribution in [2.75, 3.05) is 7.11 Å².